The Balaban J connectivity index is 1.79. The summed E-state index contributed by atoms with van der Waals surface area (Å²) in [5.74, 6) is -1.12. The van der Waals surface area contributed by atoms with Gasteiger partial charge in [0.1, 0.15) is 11.6 Å². The van der Waals surface area contributed by atoms with Crippen molar-refractivity contribution >= 4 is 23.2 Å². The SMILES string of the molecule is Cc1ccc(Cl)cc1-n1nc(C(=O)Nc2ccc(F)cc2)nc1-c1ccc(F)cc1. The molecule has 0 unspecified atom stereocenters. The molecular formula is C22H15ClF2N4O. The van der Waals surface area contributed by atoms with E-state index in [0.29, 0.717) is 27.8 Å². The summed E-state index contributed by atoms with van der Waals surface area (Å²) in [5.41, 5.74) is 2.47. The molecule has 0 atom stereocenters. The maximum atomic E-state index is 13.4. The molecule has 4 rings (SSSR count). The van der Waals surface area contributed by atoms with Crippen LogP contribution in [-0.4, -0.2) is 20.7 Å². The second kappa shape index (κ2) is 8.04. The van der Waals surface area contributed by atoms with Crippen molar-refractivity contribution < 1.29 is 13.6 Å². The van der Waals surface area contributed by atoms with E-state index in [2.05, 4.69) is 15.4 Å². The number of carbonyl (C=O) groups excluding carboxylic acids is 1. The van der Waals surface area contributed by atoms with E-state index < -0.39 is 17.5 Å². The number of carbonyl (C=O) groups is 1. The monoisotopic (exact) mass is 424 g/mol. The minimum Gasteiger partial charge on any atom is -0.319 e. The molecule has 5 nitrogen and oxygen atoms in total. The van der Waals surface area contributed by atoms with Crippen LogP contribution in [0, 0.1) is 18.6 Å². The maximum absolute atomic E-state index is 13.4. The molecule has 0 aliphatic carbocycles. The van der Waals surface area contributed by atoms with E-state index in [1.165, 1.54) is 41.1 Å². The van der Waals surface area contributed by atoms with E-state index in [-0.39, 0.29) is 5.82 Å². The molecule has 0 aliphatic rings. The van der Waals surface area contributed by atoms with E-state index in [1.807, 2.05) is 13.0 Å². The van der Waals surface area contributed by atoms with Gasteiger partial charge in [0.25, 0.3) is 5.91 Å². The number of nitrogens with zero attached hydrogens (tertiary/aromatic N) is 3. The largest absolute Gasteiger partial charge is 0.319 e. The van der Waals surface area contributed by atoms with E-state index in [4.69, 9.17) is 11.6 Å². The first-order chi connectivity index (χ1) is 14.4. The second-order valence-corrected chi connectivity index (χ2v) is 7.01. The number of benzene rings is 3. The number of amides is 1. The summed E-state index contributed by atoms with van der Waals surface area (Å²) in [6.45, 7) is 1.88. The standard InChI is InChI=1S/C22H15ClF2N4O/c1-13-2-5-15(23)12-19(13)29-21(14-3-6-16(24)7-4-14)27-20(28-29)22(30)26-18-10-8-17(25)9-11-18/h2-12H,1H3,(H,26,30). The number of rotatable bonds is 4. The summed E-state index contributed by atoms with van der Waals surface area (Å²) in [7, 11) is 0. The first-order valence-corrected chi connectivity index (χ1v) is 9.35. The van der Waals surface area contributed by atoms with E-state index >= 15 is 0 Å². The van der Waals surface area contributed by atoms with Gasteiger partial charge in [-0.1, -0.05) is 17.7 Å². The lowest BCUT2D eigenvalue weighted by Gasteiger charge is -2.09. The molecule has 1 N–H and O–H groups in total. The first-order valence-electron chi connectivity index (χ1n) is 8.97. The molecule has 8 heteroatoms. The number of anilines is 1. The van der Waals surface area contributed by atoms with Crippen molar-refractivity contribution in [1.82, 2.24) is 14.8 Å². The van der Waals surface area contributed by atoms with Crippen LogP contribution in [0.25, 0.3) is 17.1 Å². The molecular weight excluding hydrogens is 410 g/mol. The molecule has 150 valence electrons. The van der Waals surface area contributed by atoms with Crippen molar-refractivity contribution in [2.75, 3.05) is 5.32 Å². The van der Waals surface area contributed by atoms with Crippen LogP contribution in [-0.2, 0) is 0 Å². The Morgan fingerprint density at radius 3 is 2.27 bits per heavy atom. The fourth-order valence-electron chi connectivity index (χ4n) is 2.89. The highest BCUT2D eigenvalue weighted by molar-refractivity contribution is 6.30. The molecule has 0 fully saturated rings. The van der Waals surface area contributed by atoms with Crippen molar-refractivity contribution in [2.24, 2.45) is 0 Å². The average Bonchev–Trinajstić information content (AvgIpc) is 3.17. The Bertz CT molecular complexity index is 1220. The van der Waals surface area contributed by atoms with Crippen LogP contribution in [0.1, 0.15) is 16.2 Å². The van der Waals surface area contributed by atoms with Crippen molar-refractivity contribution in [3.63, 3.8) is 0 Å². The smallest absolute Gasteiger partial charge is 0.295 e. The normalized spacial score (nSPS) is 10.8. The van der Waals surface area contributed by atoms with Gasteiger partial charge in [0.15, 0.2) is 5.82 Å². The van der Waals surface area contributed by atoms with Gasteiger partial charge >= 0.3 is 0 Å². The summed E-state index contributed by atoms with van der Waals surface area (Å²) >= 11 is 6.15. The van der Waals surface area contributed by atoms with Gasteiger partial charge in [0.2, 0.25) is 5.82 Å². The van der Waals surface area contributed by atoms with Crippen molar-refractivity contribution in [3.05, 3.63) is 94.8 Å². The molecule has 3 aromatic carbocycles. The van der Waals surface area contributed by atoms with Crippen LogP contribution in [0.2, 0.25) is 5.02 Å². The highest BCUT2D eigenvalue weighted by Gasteiger charge is 2.20. The van der Waals surface area contributed by atoms with E-state index in [0.717, 1.165) is 5.56 Å². The molecule has 0 aliphatic heterocycles. The third kappa shape index (κ3) is 4.06. The zero-order valence-electron chi connectivity index (χ0n) is 15.7. The van der Waals surface area contributed by atoms with Crippen LogP contribution < -0.4 is 5.32 Å². The van der Waals surface area contributed by atoms with Gasteiger partial charge < -0.3 is 5.32 Å². The minimum absolute atomic E-state index is 0.0991. The zero-order valence-corrected chi connectivity index (χ0v) is 16.5. The number of halogens is 3. The third-order valence-electron chi connectivity index (χ3n) is 4.41. The third-order valence-corrected chi connectivity index (χ3v) is 4.65. The van der Waals surface area contributed by atoms with Crippen molar-refractivity contribution in [1.29, 1.82) is 0 Å². The summed E-state index contributed by atoms with van der Waals surface area (Å²) in [5, 5.41) is 7.49. The molecule has 30 heavy (non-hydrogen) atoms. The van der Waals surface area contributed by atoms with Crippen LogP contribution in [0.3, 0.4) is 0 Å². The van der Waals surface area contributed by atoms with Crippen LogP contribution >= 0.6 is 11.6 Å². The summed E-state index contributed by atoms with van der Waals surface area (Å²) in [6.07, 6.45) is 0. The maximum Gasteiger partial charge on any atom is 0.295 e. The minimum atomic E-state index is -0.566. The fourth-order valence-corrected chi connectivity index (χ4v) is 3.06. The highest BCUT2D eigenvalue weighted by atomic mass is 35.5. The number of nitrogens with one attached hydrogen (secondary N) is 1. The van der Waals surface area contributed by atoms with Gasteiger partial charge in [-0.25, -0.2) is 18.4 Å². The molecule has 0 spiro atoms. The van der Waals surface area contributed by atoms with Gasteiger partial charge in [-0.3, -0.25) is 4.79 Å². The molecule has 0 saturated heterocycles. The average molecular weight is 425 g/mol. The predicted molar refractivity (Wildman–Crippen MR) is 111 cm³/mol. The van der Waals surface area contributed by atoms with E-state index in [9.17, 15) is 13.6 Å². The Kier molecular flexibility index (Phi) is 5.29. The number of aromatic nitrogens is 3. The molecule has 0 saturated carbocycles. The first kappa shape index (κ1) is 19.7. The Hall–Kier alpha value is -3.58. The molecule has 0 bridgehead atoms. The molecule has 1 aromatic heterocycles. The van der Waals surface area contributed by atoms with Crippen LogP contribution in [0.15, 0.2) is 66.7 Å². The van der Waals surface area contributed by atoms with Gasteiger partial charge in [-0.2, -0.15) is 0 Å². The van der Waals surface area contributed by atoms with E-state index in [1.54, 1.807) is 24.3 Å². The molecule has 1 heterocycles. The van der Waals surface area contributed by atoms with Crippen molar-refractivity contribution in [3.8, 4) is 17.1 Å². The lowest BCUT2D eigenvalue weighted by atomic mass is 10.1. The topological polar surface area (TPSA) is 59.8 Å². The summed E-state index contributed by atoms with van der Waals surface area (Å²) < 4.78 is 28.0. The Morgan fingerprint density at radius 1 is 0.967 bits per heavy atom. The fraction of sp³-hybridized carbons (Fsp3) is 0.0455. The molecule has 4 aromatic rings. The van der Waals surface area contributed by atoms with Gasteiger partial charge in [-0.05, 0) is 73.2 Å². The Morgan fingerprint density at radius 2 is 1.60 bits per heavy atom. The van der Waals surface area contributed by atoms with Crippen molar-refractivity contribution in [2.45, 2.75) is 6.92 Å². The Labute approximate surface area is 176 Å². The van der Waals surface area contributed by atoms with Gasteiger partial charge in [0, 0.05) is 16.3 Å². The van der Waals surface area contributed by atoms with Crippen LogP contribution in [0.5, 0.6) is 0 Å². The zero-order chi connectivity index (χ0) is 21.3. The van der Waals surface area contributed by atoms with Crippen LogP contribution in [0.4, 0.5) is 14.5 Å². The second-order valence-electron chi connectivity index (χ2n) is 6.57. The quantitative estimate of drug-likeness (QED) is 0.475. The summed E-state index contributed by atoms with van der Waals surface area (Å²) in [6, 6.07) is 16.3. The number of hydrogen-bond donors (Lipinski definition) is 1. The lowest BCUT2D eigenvalue weighted by molar-refractivity contribution is 0.101. The molecule has 1 amide bonds. The highest BCUT2D eigenvalue weighted by Crippen LogP contribution is 2.26. The lowest BCUT2D eigenvalue weighted by Crippen LogP contribution is -2.14. The summed E-state index contributed by atoms with van der Waals surface area (Å²) in [4.78, 5) is 17.1. The number of aryl methyl sites for hydroxylation is 1. The number of hydrogen-bond acceptors (Lipinski definition) is 3. The van der Waals surface area contributed by atoms with Gasteiger partial charge in [-0.15, -0.1) is 5.10 Å². The molecule has 0 radical (unpaired) electrons. The van der Waals surface area contributed by atoms with Gasteiger partial charge in [0.05, 0.1) is 5.69 Å². The predicted octanol–water partition coefficient (Wildman–Crippen LogP) is 5.43.